The number of carbonyl (C=O) groups is 2. The van der Waals surface area contributed by atoms with Crippen molar-refractivity contribution < 1.29 is 9.59 Å². The van der Waals surface area contributed by atoms with Gasteiger partial charge in [0.15, 0.2) is 0 Å². The fourth-order valence-electron chi connectivity index (χ4n) is 3.22. The molecule has 1 aliphatic heterocycles. The van der Waals surface area contributed by atoms with E-state index in [4.69, 9.17) is 0 Å². The number of amides is 2. The topological polar surface area (TPSA) is 49.4 Å². The highest BCUT2D eigenvalue weighted by Gasteiger charge is 2.30. The van der Waals surface area contributed by atoms with Crippen LogP contribution in [0, 0.1) is 5.92 Å². The van der Waals surface area contributed by atoms with Gasteiger partial charge in [-0.2, -0.15) is 0 Å². The van der Waals surface area contributed by atoms with E-state index in [0.29, 0.717) is 31.8 Å². The molecular formula is C18H22N2O2. The molecule has 0 bridgehead atoms. The number of rotatable bonds is 5. The van der Waals surface area contributed by atoms with E-state index in [-0.39, 0.29) is 17.9 Å². The van der Waals surface area contributed by atoms with Crippen LogP contribution >= 0.6 is 0 Å². The molecule has 4 heteroatoms. The fourth-order valence-corrected chi connectivity index (χ4v) is 3.22. The van der Waals surface area contributed by atoms with Crippen LogP contribution in [-0.2, 0) is 16.1 Å². The molecular weight excluding hydrogens is 276 g/mol. The molecule has 0 radical (unpaired) electrons. The number of benzene rings is 1. The van der Waals surface area contributed by atoms with Crippen LogP contribution in [0.4, 0.5) is 0 Å². The Morgan fingerprint density at radius 2 is 2.09 bits per heavy atom. The van der Waals surface area contributed by atoms with Crippen LogP contribution in [0.3, 0.4) is 0 Å². The standard InChI is InChI=1S/C18H22N2O2/c21-17(10-14-6-4-5-7-14)19-16-11-18(22)20(13-16)12-15-8-2-1-3-9-15/h1-4,6,8-9,14,16H,5,7,10-13H2,(H,19,21)/t14-,16-/m1/s1. The zero-order valence-corrected chi connectivity index (χ0v) is 12.7. The first-order chi connectivity index (χ1) is 10.7. The van der Waals surface area contributed by atoms with Crippen LogP contribution in [0.25, 0.3) is 0 Å². The van der Waals surface area contributed by atoms with Crippen molar-refractivity contribution in [3.63, 3.8) is 0 Å². The molecule has 1 aromatic carbocycles. The van der Waals surface area contributed by atoms with Crippen LogP contribution < -0.4 is 5.32 Å². The second-order valence-corrected chi connectivity index (χ2v) is 6.20. The van der Waals surface area contributed by atoms with Gasteiger partial charge >= 0.3 is 0 Å². The van der Waals surface area contributed by atoms with Gasteiger partial charge in [0.25, 0.3) is 0 Å². The van der Waals surface area contributed by atoms with Crippen LogP contribution in [0.1, 0.15) is 31.2 Å². The number of hydrogen-bond donors (Lipinski definition) is 1. The lowest BCUT2D eigenvalue weighted by atomic mass is 10.0. The lowest BCUT2D eigenvalue weighted by molar-refractivity contribution is -0.128. The zero-order chi connectivity index (χ0) is 15.4. The molecule has 1 N–H and O–H groups in total. The van der Waals surface area contributed by atoms with E-state index in [1.165, 1.54) is 0 Å². The van der Waals surface area contributed by atoms with Crippen LogP contribution in [0.2, 0.25) is 0 Å². The minimum atomic E-state index is -0.0471. The van der Waals surface area contributed by atoms with E-state index in [2.05, 4.69) is 17.5 Å². The Balaban J connectivity index is 1.49. The zero-order valence-electron chi connectivity index (χ0n) is 12.7. The van der Waals surface area contributed by atoms with Crippen molar-refractivity contribution in [2.45, 2.75) is 38.3 Å². The summed E-state index contributed by atoms with van der Waals surface area (Å²) in [6.45, 7) is 1.23. The van der Waals surface area contributed by atoms with Crippen molar-refractivity contribution in [2.75, 3.05) is 6.54 Å². The first-order valence-electron chi connectivity index (χ1n) is 7.98. The number of nitrogens with zero attached hydrogens (tertiary/aromatic N) is 1. The third-order valence-electron chi connectivity index (χ3n) is 4.36. The third kappa shape index (κ3) is 3.75. The number of carbonyl (C=O) groups excluding carboxylic acids is 2. The fraction of sp³-hybridized carbons (Fsp3) is 0.444. The van der Waals surface area contributed by atoms with Gasteiger partial charge in [0.1, 0.15) is 0 Å². The molecule has 2 amide bonds. The smallest absolute Gasteiger partial charge is 0.225 e. The van der Waals surface area contributed by atoms with Crippen LogP contribution in [-0.4, -0.2) is 29.3 Å². The highest BCUT2D eigenvalue weighted by atomic mass is 16.2. The van der Waals surface area contributed by atoms with E-state index in [1.807, 2.05) is 35.2 Å². The molecule has 3 rings (SSSR count). The Morgan fingerprint density at radius 3 is 2.82 bits per heavy atom. The maximum Gasteiger partial charge on any atom is 0.225 e. The molecule has 0 spiro atoms. The minimum absolute atomic E-state index is 0.0471. The summed E-state index contributed by atoms with van der Waals surface area (Å²) in [6, 6.07) is 9.91. The summed E-state index contributed by atoms with van der Waals surface area (Å²) >= 11 is 0. The van der Waals surface area contributed by atoms with Crippen LogP contribution in [0.5, 0.6) is 0 Å². The highest BCUT2D eigenvalue weighted by Crippen LogP contribution is 2.21. The number of likely N-dealkylation sites (tertiary alicyclic amines) is 1. The molecule has 1 saturated heterocycles. The highest BCUT2D eigenvalue weighted by molar-refractivity contribution is 5.82. The van der Waals surface area contributed by atoms with E-state index >= 15 is 0 Å². The maximum absolute atomic E-state index is 12.1. The molecule has 4 nitrogen and oxygen atoms in total. The molecule has 0 unspecified atom stereocenters. The summed E-state index contributed by atoms with van der Waals surface area (Å²) in [6.07, 6.45) is 7.36. The lowest BCUT2D eigenvalue weighted by Gasteiger charge is -2.17. The second-order valence-electron chi connectivity index (χ2n) is 6.20. The van der Waals surface area contributed by atoms with Crippen molar-refractivity contribution in [1.82, 2.24) is 10.2 Å². The summed E-state index contributed by atoms with van der Waals surface area (Å²) in [5, 5.41) is 3.02. The molecule has 2 aliphatic rings. The molecule has 0 saturated carbocycles. The first kappa shape index (κ1) is 14.8. The van der Waals surface area contributed by atoms with E-state index in [9.17, 15) is 9.59 Å². The SMILES string of the molecule is O=C(C[C@@H]1C=CCC1)N[C@@H]1CC(=O)N(Cc2ccccc2)C1. The summed E-state index contributed by atoms with van der Waals surface area (Å²) in [4.78, 5) is 26.0. The average molecular weight is 298 g/mol. The Labute approximate surface area is 131 Å². The van der Waals surface area contributed by atoms with Gasteiger partial charge in [-0.3, -0.25) is 9.59 Å². The van der Waals surface area contributed by atoms with Gasteiger partial charge in [-0.15, -0.1) is 0 Å². The molecule has 1 fully saturated rings. The Morgan fingerprint density at radius 1 is 1.27 bits per heavy atom. The Bertz CT molecular complexity index is 568. The van der Waals surface area contributed by atoms with E-state index in [0.717, 1.165) is 18.4 Å². The summed E-state index contributed by atoms with van der Waals surface area (Å²) in [5.74, 6) is 0.559. The molecule has 1 heterocycles. The van der Waals surface area contributed by atoms with Crippen molar-refractivity contribution in [2.24, 2.45) is 5.92 Å². The monoisotopic (exact) mass is 298 g/mol. The summed E-state index contributed by atoms with van der Waals surface area (Å²) in [5.41, 5.74) is 1.12. The molecule has 0 aromatic heterocycles. The number of hydrogen-bond acceptors (Lipinski definition) is 2. The summed E-state index contributed by atoms with van der Waals surface area (Å²) < 4.78 is 0. The van der Waals surface area contributed by atoms with E-state index in [1.54, 1.807) is 0 Å². The minimum Gasteiger partial charge on any atom is -0.351 e. The van der Waals surface area contributed by atoms with Crippen molar-refractivity contribution in [1.29, 1.82) is 0 Å². The third-order valence-corrected chi connectivity index (χ3v) is 4.36. The van der Waals surface area contributed by atoms with Crippen molar-refractivity contribution in [3.8, 4) is 0 Å². The van der Waals surface area contributed by atoms with Crippen molar-refractivity contribution in [3.05, 3.63) is 48.0 Å². The van der Waals surface area contributed by atoms with Gasteiger partial charge < -0.3 is 10.2 Å². The Hall–Kier alpha value is -2.10. The van der Waals surface area contributed by atoms with Crippen LogP contribution in [0.15, 0.2) is 42.5 Å². The van der Waals surface area contributed by atoms with Gasteiger partial charge in [0.2, 0.25) is 11.8 Å². The quantitative estimate of drug-likeness (QED) is 0.848. The summed E-state index contributed by atoms with van der Waals surface area (Å²) in [7, 11) is 0. The van der Waals surface area contributed by atoms with Crippen molar-refractivity contribution >= 4 is 11.8 Å². The molecule has 22 heavy (non-hydrogen) atoms. The number of nitrogens with one attached hydrogen (secondary N) is 1. The lowest BCUT2D eigenvalue weighted by Crippen LogP contribution is -2.37. The molecule has 1 aromatic rings. The molecule has 2 atom stereocenters. The normalized spacial score (nSPS) is 24.0. The van der Waals surface area contributed by atoms with Gasteiger partial charge in [-0.25, -0.2) is 0 Å². The predicted octanol–water partition coefficient (Wildman–Crippen LogP) is 2.26. The largest absolute Gasteiger partial charge is 0.351 e. The molecule has 1 aliphatic carbocycles. The maximum atomic E-state index is 12.1. The average Bonchev–Trinajstić information content (AvgIpc) is 3.11. The van der Waals surface area contributed by atoms with Gasteiger partial charge in [-0.1, -0.05) is 42.5 Å². The number of allylic oxidation sites excluding steroid dienone is 2. The first-order valence-corrected chi connectivity index (χ1v) is 7.98. The van der Waals surface area contributed by atoms with Gasteiger partial charge in [0.05, 0.1) is 6.04 Å². The predicted molar refractivity (Wildman–Crippen MR) is 84.9 cm³/mol. The van der Waals surface area contributed by atoms with E-state index < -0.39 is 0 Å². The van der Waals surface area contributed by atoms with Gasteiger partial charge in [-0.05, 0) is 24.3 Å². The Kier molecular flexibility index (Phi) is 4.56. The second kappa shape index (κ2) is 6.77. The molecule has 116 valence electrons. The van der Waals surface area contributed by atoms with Gasteiger partial charge in [0, 0.05) is 25.9 Å².